The summed E-state index contributed by atoms with van der Waals surface area (Å²) in [4.78, 5) is 28.6. The minimum absolute atomic E-state index is 0.266. The maximum atomic E-state index is 12.6. The molecule has 0 radical (unpaired) electrons. The van der Waals surface area contributed by atoms with Crippen LogP contribution in [-0.2, 0) is 9.59 Å². The van der Waals surface area contributed by atoms with Crippen molar-refractivity contribution in [1.82, 2.24) is 0 Å². The van der Waals surface area contributed by atoms with Crippen LogP contribution >= 0.6 is 0 Å². The topological polar surface area (TPSA) is 75.7 Å². The van der Waals surface area contributed by atoms with E-state index in [0.717, 1.165) is 31.9 Å². The van der Waals surface area contributed by atoms with Crippen molar-refractivity contribution in [2.24, 2.45) is 11.8 Å². The van der Waals surface area contributed by atoms with Crippen LogP contribution in [0.3, 0.4) is 0 Å². The smallest absolute Gasteiger partial charge is 0.228 e. The van der Waals surface area contributed by atoms with E-state index in [-0.39, 0.29) is 5.91 Å². The minimum Gasteiger partial charge on any atom is -0.550 e. The van der Waals surface area contributed by atoms with E-state index >= 15 is 0 Å². The van der Waals surface area contributed by atoms with Gasteiger partial charge in [-0.05, 0) is 49.2 Å². The van der Waals surface area contributed by atoms with Crippen molar-refractivity contribution in [3.63, 3.8) is 0 Å². The first kappa shape index (κ1) is 20.0. The summed E-state index contributed by atoms with van der Waals surface area (Å²) in [5, 5.41) is 14.2. The summed E-state index contributed by atoms with van der Waals surface area (Å²) >= 11 is 0. The fourth-order valence-corrected chi connectivity index (χ4v) is 4.22. The lowest BCUT2D eigenvalue weighted by Gasteiger charge is -2.37. The van der Waals surface area contributed by atoms with Gasteiger partial charge in [-0.2, -0.15) is 0 Å². The maximum Gasteiger partial charge on any atom is 0.228 e. The molecule has 1 N–H and O–H groups in total. The molecule has 1 fully saturated rings. The van der Waals surface area contributed by atoms with Crippen LogP contribution in [0.15, 0.2) is 66.7 Å². The van der Waals surface area contributed by atoms with Crippen molar-refractivity contribution in [2.45, 2.75) is 12.8 Å². The van der Waals surface area contributed by atoms with Gasteiger partial charge in [-0.25, -0.2) is 0 Å². The van der Waals surface area contributed by atoms with E-state index in [0.29, 0.717) is 18.5 Å². The highest BCUT2D eigenvalue weighted by Gasteiger charge is 2.29. The number of nitrogens with zero attached hydrogens (tertiary/aromatic N) is 2. The van der Waals surface area contributed by atoms with Gasteiger partial charge in [0, 0.05) is 55.1 Å². The van der Waals surface area contributed by atoms with E-state index in [4.69, 9.17) is 0 Å². The van der Waals surface area contributed by atoms with Gasteiger partial charge in [-0.15, -0.1) is 0 Å². The lowest BCUT2D eigenvalue weighted by Crippen LogP contribution is -2.46. The van der Waals surface area contributed by atoms with Gasteiger partial charge in [-0.3, -0.25) is 4.79 Å². The lowest BCUT2D eigenvalue weighted by atomic mass is 9.82. The number of hydrogen-bond acceptors (Lipinski definition) is 5. The molecule has 0 saturated carbocycles. The Morgan fingerprint density at radius 3 is 1.87 bits per heavy atom. The molecule has 1 aliphatic carbocycles. The second-order valence-electron chi connectivity index (χ2n) is 7.82. The number of nitrogens with one attached hydrogen (secondary N) is 1. The van der Waals surface area contributed by atoms with Gasteiger partial charge in [0.1, 0.15) is 0 Å². The highest BCUT2D eigenvalue weighted by molar-refractivity contribution is 5.95. The van der Waals surface area contributed by atoms with Crippen LogP contribution in [-0.4, -0.2) is 38.1 Å². The SMILES string of the molecule is O=C(Nc1ccc(N2CCN(c3ccccc3)CC2)cc1)[C@H]1CC=CC[C@H]1C(=O)[O-]. The van der Waals surface area contributed by atoms with Crippen LogP contribution < -0.4 is 20.2 Å². The molecule has 0 spiro atoms. The average Bonchev–Trinajstić information content (AvgIpc) is 2.80. The Morgan fingerprint density at radius 2 is 1.30 bits per heavy atom. The summed E-state index contributed by atoms with van der Waals surface area (Å²) in [6.07, 6.45) is 4.43. The predicted octanol–water partition coefficient (Wildman–Crippen LogP) is 2.28. The first-order valence-electron chi connectivity index (χ1n) is 10.4. The van der Waals surface area contributed by atoms with Gasteiger partial charge >= 0.3 is 0 Å². The molecule has 2 aliphatic rings. The predicted molar refractivity (Wildman–Crippen MR) is 116 cm³/mol. The largest absolute Gasteiger partial charge is 0.550 e. The average molecular weight is 404 g/mol. The van der Waals surface area contributed by atoms with Crippen LogP contribution in [0.2, 0.25) is 0 Å². The molecule has 1 amide bonds. The first-order chi connectivity index (χ1) is 14.6. The molecule has 1 heterocycles. The van der Waals surface area contributed by atoms with Crippen molar-refractivity contribution in [3.05, 3.63) is 66.7 Å². The van der Waals surface area contributed by atoms with Crippen molar-refractivity contribution >= 4 is 28.9 Å². The fourth-order valence-electron chi connectivity index (χ4n) is 4.22. The second-order valence-corrected chi connectivity index (χ2v) is 7.82. The number of carboxylic acids is 1. The summed E-state index contributed by atoms with van der Waals surface area (Å²) in [5.74, 6) is -2.79. The lowest BCUT2D eigenvalue weighted by molar-refractivity contribution is -0.313. The zero-order valence-corrected chi connectivity index (χ0v) is 16.9. The van der Waals surface area contributed by atoms with Gasteiger partial charge in [-0.1, -0.05) is 30.4 Å². The minimum atomic E-state index is -1.16. The molecule has 0 aromatic heterocycles. The highest BCUT2D eigenvalue weighted by Crippen LogP contribution is 2.27. The number of rotatable bonds is 5. The molecule has 4 rings (SSSR count). The number of anilines is 3. The Labute approximate surface area is 176 Å². The number of amides is 1. The number of piperazine rings is 1. The summed E-state index contributed by atoms with van der Waals surface area (Å²) in [5.41, 5.74) is 3.05. The third-order valence-electron chi connectivity index (χ3n) is 5.97. The van der Waals surface area contributed by atoms with Crippen molar-refractivity contribution in [3.8, 4) is 0 Å². The Balaban J connectivity index is 1.34. The van der Waals surface area contributed by atoms with Crippen molar-refractivity contribution in [2.75, 3.05) is 41.3 Å². The van der Waals surface area contributed by atoms with Crippen LogP contribution in [0.5, 0.6) is 0 Å². The molecule has 156 valence electrons. The number of allylic oxidation sites excluding steroid dienone is 2. The van der Waals surface area contributed by atoms with E-state index in [1.807, 2.05) is 36.4 Å². The normalized spacial score (nSPS) is 21.3. The van der Waals surface area contributed by atoms with Gasteiger partial charge in [0.25, 0.3) is 0 Å². The van der Waals surface area contributed by atoms with Crippen LogP contribution in [0, 0.1) is 11.8 Å². The Morgan fingerprint density at radius 1 is 0.767 bits per heavy atom. The van der Waals surface area contributed by atoms with Gasteiger partial charge in [0.15, 0.2) is 0 Å². The Bertz CT molecular complexity index is 903. The molecule has 1 aliphatic heterocycles. The number of hydrogen-bond donors (Lipinski definition) is 1. The van der Waals surface area contributed by atoms with Crippen LogP contribution in [0.25, 0.3) is 0 Å². The van der Waals surface area contributed by atoms with Crippen molar-refractivity contribution in [1.29, 1.82) is 0 Å². The monoisotopic (exact) mass is 404 g/mol. The molecule has 6 heteroatoms. The van der Waals surface area contributed by atoms with Gasteiger partial charge in [0.05, 0.1) is 5.92 Å². The van der Waals surface area contributed by atoms with Gasteiger partial charge < -0.3 is 25.0 Å². The third kappa shape index (κ3) is 4.48. The molecule has 0 bridgehead atoms. The summed E-state index contributed by atoms with van der Waals surface area (Å²) in [6.45, 7) is 3.79. The zero-order valence-electron chi connectivity index (χ0n) is 16.9. The van der Waals surface area contributed by atoms with E-state index in [1.165, 1.54) is 5.69 Å². The standard InChI is InChI=1S/C24H27N3O3/c28-23(21-8-4-5-9-22(21)24(29)30)25-18-10-12-20(13-11-18)27-16-14-26(15-17-27)19-6-2-1-3-7-19/h1-7,10-13,21-22H,8-9,14-17H2,(H,25,28)(H,29,30)/p-1/t21-,22+/m0/s1. The number of carboxylic acid groups (broad SMARTS) is 1. The summed E-state index contributed by atoms with van der Waals surface area (Å²) in [6, 6.07) is 18.2. The summed E-state index contributed by atoms with van der Waals surface area (Å²) < 4.78 is 0. The van der Waals surface area contributed by atoms with E-state index in [9.17, 15) is 14.7 Å². The van der Waals surface area contributed by atoms with E-state index in [2.05, 4.69) is 39.4 Å². The van der Waals surface area contributed by atoms with Crippen LogP contribution in [0.1, 0.15) is 12.8 Å². The first-order valence-corrected chi connectivity index (χ1v) is 10.4. The molecule has 0 unspecified atom stereocenters. The molecule has 1 saturated heterocycles. The van der Waals surface area contributed by atoms with Gasteiger partial charge in [0.2, 0.25) is 5.91 Å². The summed E-state index contributed by atoms with van der Waals surface area (Å²) in [7, 11) is 0. The number of carbonyl (C=O) groups excluding carboxylic acids is 2. The fraction of sp³-hybridized carbons (Fsp3) is 0.333. The molecule has 30 heavy (non-hydrogen) atoms. The molecule has 2 aromatic rings. The quantitative estimate of drug-likeness (QED) is 0.774. The van der Waals surface area contributed by atoms with Crippen molar-refractivity contribution < 1.29 is 14.7 Å². The molecular formula is C24H26N3O3-. The molecule has 6 nitrogen and oxygen atoms in total. The van der Waals surface area contributed by atoms with E-state index in [1.54, 1.807) is 6.08 Å². The number of carbonyl (C=O) groups is 2. The highest BCUT2D eigenvalue weighted by atomic mass is 16.4. The third-order valence-corrected chi connectivity index (χ3v) is 5.97. The second kappa shape index (κ2) is 9.03. The molecule has 2 atom stereocenters. The Kier molecular flexibility index (Phi) is 6.02. The Hall–Kier alpha value is -3.28. The maximum absolute atomic E-state index is 12.6. The molecular weight excluding hydrogens is 378 g/mol. The number of aliphatic carboxylic acids is 1. The van der Waals surface area contributed by atoms with E-state index < -0.39 is 17.8 Å². The molecule has 2 aromatic carbocycles. The number of benzene rings is 2. The van der Waals surface area contributed by atoms with Crippen LogP contribution in [0.4, 0.5) is 17.1 Å². The zero-order chi connectivity index (χ0) is 20.9. The number of para-hydroxylation sites is 1.